The van der Waals surface area contributed by atoms with Gasteiger partial charge in [-0.2, -0.15) is 0 Å². The minimum atomic E-state index is 0.320. The van der Waals surface area contributed by atoms with Crippen molar-refractivity contribution in [3.63, 3.8) is 0 Å². The van der Waals surface area contributed by atoms with Crippen LogP contribution in [0.4, 0.5) is 0 Å². The summed E-state index contributed by atoms with van der Waals surface area (Å²) in [4.78, 5) is 0. The molecule has 0 spiro atoms. The van der Waals surface area contributed by atoms with Crippen LogP contribution < -0.4 is 0 Å². The van der Waals surface area contributed by atoms with E-state index in [1.54, 1.807) is 0 Å². The normalized spacial score (nSPS) is 10.4. The number of hydrogen-bond acceptors (Lipinski definition) is 1. The Labute approximate surface area is 112 Å². The average Bonchev–Trinajstić information content (AvgIpc) is 2.42. The molecule has 18 heavy (non-hydrogen) atoms. The molecule has 0 heterocycles. The van der Waals surface area contributed by atoms with Crippen molar-refractivity contribution in [3.05, 3.63) is 41.0 Å². The molecule has 0 saturated carbocycles. The highest BCUT2D eigenvalue weighted by Gasteiger charge is 1.96. The zero-order chi connectivity index (χ0) is 13.2. The summed E-state index contributed by atoms with van der Waals surface area (Å²) in [6.45, 7) is 4.75. The highest BCUT2D eigenvalue weighted by Crippen LogP contribution is 2.14. The Hall–Kier alpha value is -1.08. The number of aryl methyl sites for hydroxylation is 1. The lowest BCUT2D eigenvalue weighted by atomic mass is 10.0. The molecule has 0 bridgehead atoms. The van der Waals surface area contributed by atoms with Crippen molar-refractivity contribution < 1.29 is 5.11 Å². The molecule has 1 rings (SSSR count). The lowest BCUT2D eigenvalue weighted by molar-refractivity contribution is 0.283. The van der Waals surface area contributed by atoms with Gasteiger partial charge in [0.25, 0.3) is 0 Å². The van der Waals surface area contributed by atoms with Crippen LogP contribution in [0.3, 0.4) is 0 Å². The predicted octanol–water partition coefficient (Wildman–Crippen LogP) is 4.60. The maximum absolute atomic E-state index is 8.72. The molecular weight excluding hydrogens is 220 g/mol. The van der Waals surface area contributed by atoms with Crippen LogP contribution in [-0.4, -0.2) is 11.7 Å². The minimum absolute atomic E-state index is 0.320. The number of unbranched alkanes of at least 4 members (excludes halogenated alkanes) is 2. The second kappa shape index (κ2) is 8.93. The molecule has 1 N–H and O–H groups in total. The zero-order valence-electron chi connectivity index (χ0n) is 11.8. The molecule has 0 aliphatic heterocycles. The van der Waals surface area contributed by atoms with Gasteiger partial charge in [0.1, 0.15) is 0 Å². The van der Waals surface area contributed by atoms with Gasteiger partial charge in [-0.1, -0.05) is 56.2 Å². The molecule has 0 saturated heterocycles. The SMILES string of the molecule is CCC(=Cc1ccc(CCCCCO)cc1)CC. The smallest absolute Gasteiger partial charge is 0.0431 e. The summed E-state index contributed by atoms with van der Waals surface area (Å²) >= 11 is 0. The Morgan fingerprint density at radius 3 is 2.22 bits per heavy atom. The van der Waals surface area contributed by atoms with E-state index in [9.17, 15) is 0 Å². The Morgan fingerprint density at radius 2 is 1.67 bits per heavy atom. The second-order valence-electron chi connectivity index (χ2n) is 4.79. The van der Waals surface area contributed by atoms with E-state index in [2.05, 4.69) is 44.2 Å². The molecule has 1 nitrogen and oxygen atoms in total. The van der Waals surface area contributed by atoms with E-state index < -0.39 is 0 Å². The summed E-state index contributed by atoms with van der Waals surface area (Å²) in [6.07, 6.45) is 8.92. The summed E-state index contributed by atoms with van der Waals surface area (Å²) in [5.74, 6) is 0. The number of aliphatic hydroxyl groups is 1. The Kier molecular flexibility index (Phi) is 7.43. The van der Waals surface area contributed by atoms with Gasteiger partial charge in [0.2, 0.25) is 0 Å². The molecule has 1 aromatic rings. The minimum Gasteiger partial charge on any atom is -0.396 e. The number of allylic oxidation sites excluding steroid dienone is 1. The third kappa shape index (κ3) is 5.50. The van der Waals surface area contributed by atoms with Crippen LogP contribution in [0.25, 0.3) is 6.08 Å². The van der Waals surface area contributed by atoms with Gasteiger partial charge in [-0.05, 0) is 43.2 Å². The van der Waals surface area contributed by atoms with E-state index in [-0.39, 0.29) is 0 Å². The summed E-state index contributed by atoms with van der Waals surface area (Å²) < 4.78 is 0. The van der Waals surface area contributed by atoms with Gasteiger partial charge in [0.05, 0.1) is 0 Å². The number of rotatable bonds is 8. The van der Waals surface area contributed by atoms with Gasteiger partial charge < -0.3 is 5.11 Å². The first-order valence-corrected chi connectivity index (χ1v) is 7.19. The first-order valence-electron chi connectivity index (χ1n) is 7.19. The molecule has 0 aliphatic rings. The third-order valence-corrected chi connectivity index (χ3v) is 3.38. The quantitative estimate of drug-likeness (QED) is 0.665. The topological polar surface area (TPSA) is 20.2 Å². The van der Waals surface area contributed by atoms with E-state index in [0.717, 1.165) is 32.1 Å². The standard InChI is InChI=1S/C17H26O/c1-3-15(4-2)14-17-11-9-16(10-12-17)8-6-5-7-13-18/h9-12,14,18H,3-8,13H2,1-2H3. The van der Waals surface area contributed by atoms with Gasteiger partial charge in [-0.15, -0.1) is 0 Å². The summed E-state index contributed by atoms with van der Waals surface area (Å²) in [5.41, 5.74) is 4.22. The second-order valence-corrected chi connectivity index (χ2v) is 4.79. The zero-order valence-corrected chi connectivity index (χ0v) is 11.8. The van der Waals surface area contributed by atoms with Crippen LogP contribution in [0.15, 0.2) is 29.8 Å². The van der Waals surface area contributed by atoms with Crippen LogP contribution in [0.1, 0.15) is 57.1 Å². The first-order chi connectivity index (χ1) is 8.80. The molecule has 0 aromatic heterocycles. The number of aliphatic hydroxyl groups excluding tert-OH is 1. The average molecular weight is 246 g/mol. The molecule has 0 aliphatic carbocycles. The van der Waals surface area contributed by atoms with Crippen molar-refractivity contribution in [2.24, 2.45) is 0 Å². The highest BCUT2D eigenvalue weighted by atomic mass is 16.2. The Morgan fingerprint density at radius 1 is 1.00 bits per heavy atom. The predicted molar refractivity (Wildman–Crippen MR) is 79.6 cm³/mol. The third-order valence-electron chi connectivity index (χ3n) is 3.38. The Bertz CT molecular complexity index is 342. The maximum Gasteiger partial charge on any atom is 0.0431 e. The lowest BCUT2D eigenvalue weighted by Crippen LogP contribution is -1.88. The van der Waals surface area contributed by atoms with Crippen molar-refractivity contribution in [1.82, 2.24) is 0 Å². The summed E-state index contributed by atoms with van der Waals surface area (Å²) in [5, 5.41) is 8.72. The molecule has 1 aromatic carbocycles. The van der Waals surface area contributed by atoms with E-state index in [4.69, 9.17) is 5.11 Å². The van der Waals surface area contributed by atoms with E-state index in [1.165, 1.54) is 23.1 Å². The fourth-order valence-corrected chi connectivity index (χ4v) is 2.09. The van der Waals surface area contributed by atoms with Gasteiger partial charge in [0, 0.05) is 6.61 Å². The fourth-order valence-electron chi connectivity index (χ4n) is 2.09. The van der Waals surface area contributed by atoms with Gasteiger partial charge >= 0.3 is 0 Å². The molecule has 0 unspecified atom stereocenters. The van der Waals surface area contributed by atoms with E-state index in [0.29, 0.717) is 6.61 Å². The fraction of sp³-hybridized carbons (Fsp3) is 0.529. The van der Waals surface area contributed by atoms with Crippen LogP contribution in [0.5, 0.6) is 0 Å². The largest absolute Gasteiger partial charge is 0.396 e. The van der Waals surface area contributed by atoms with Crippen molar-refractivity contribution in [2.45, 2.75) is 52.4 Å². The number of hydrogen-bond donors (Lipinski definition) is 1. The Balaban J connectivity index is 2.49. The van der Waals surface area contributed by atoms with Crippen molar-refractivity contribution >= 4 is 6.08 Å². The van der Waals surface area contributed by atoms with Crippen LogP contribution in [0, 0.1) is 0 Å². The molecule has 1 heteroatoms. The first kappa shape index (κ1) is 15.0. The number of benzene rings is 1. The molecule has 0 atom stereocenters. The van der Waals surface area contributed by atoms with Crippen molar-refractivity contribution in [3.8, 4) is 0 Å². The molecule has 0 fully saturated rings. The van der Waals surface area contributed by atoms with E-state index >= 15 is 0 Å². The monoisotopic (exact) mass is 246 g/mol. The maximum atomic E-state index is 8.72. The van der Waals surface area contributed by atoms with Crippen molar-refractivity contribution in [2.75, 3.05) is 6.61 Å². The van der Waals surface area contributed by atoms with Crippen molar-refractivity contribution in [1.29, 1.82) is 0 Å². The molecular formula is C17H26O. The van der Waals surface area contributed by atoms with E-state index in [1.807, 2.05) is 0 Å². The van der Waals surface area contributed by atoms with Crippen LogP contribution in [0.2, 0.25) is 0 Å². The molecule has 0 amide bonds. The van der Waals surface area contributed by atoms with Gasteiger partial charge in [-0.3, -0.25) is 0 Å². The lowest BCUT2D eigenvalue weighted by Gasteiger charge is -2.04. The summed E-state index contributed by atoms with van der Waals surface area (Å²) in [6, 6.07) is 8.89. The van der Waals surface area contributed by atoms with Gasteiger partial charge in [-0.25, -0.2) is 0 Å². The van der Waals surface area contributed by atoms with Gasteiger partial charge in [0.15, 0.2) is 0 Å². The van der Waals surface area contributed by atoms with Crippen LogP contribution in [-0.2, 0) is 6.42 Å². The highest BCUT2D eigenvalue weighted by molar-refractivity contribution is 5.53. The summed E-state index contributed by atoms with van der Waals surface area (Å²) in [7, 11) is 0. The molecule has 100 valence electrons. The molecule has 0 radical (unpaired) electrons. The van der Waals surface area contributed by atoms with Crippen LogP contribution >= 0.6 is 0 Å².